The second kappa shape index (κ2) is 29.1. The molecule has 1 aliphatic heterocycles. The van der Waals surface area contributed by atoms with Gasteiger partial charge in [0.25, 0.3) is 5.91 Å². The average molecular weight is 1010 g/mol. The summed E-state index contributed by atoms with van der Waals surface area (Å²) in [5.74, 6) is -2.18. The molecule has 1 fully saturated rings. The molecule has 380 valence electrons. The molecule has 1 aliphatic rings. The van der Waals surface area contributed by atoms with Crippen LogP contribution in [0.3, 0.4) is 0 Å². The number of nitrogens with zero attached hydrogens (tertiary/aromatic N) is 4. The Morgan fingerprint density at radius 1 is 0.986 bits per heavy atom. The first-order chi connectivity index (χ1) is 32.9. The summed E-state index contributed by atoms with van der Waals surface area (Å²) in [4.78, 5) is 94.9. The predicted octanol–water partition coefficient (Wildman–Crippen LogP) is 9.90. The number of piperidine rings is 1. The Morgan fingerprint density at radius 2 is 1.72 bits per heavy atom. The number of pyridine rings is 1. The predicted molar refractivity (Wildman–Crippen MR) is 274 cm³/mol. The maximum Gasteiger partial charge on any atom is 0.307 e. The van der Waals surface area contributed by atoms with Crippen molar-refractivity contribution in [1.82, 2.24) is 25.1 Å². The Kier molecular flexibility index (Phi) is 24.2. The van der Waals surface area contributed by atoms with Crippen LogP contribution < -0.4 is 5.32 Å². The van der Waals surface area contributed by atoms with Crippen LogP contribution in [0.1, 0.15) is 147 Å². The lowest BCUT2D eigenvalue weighted by atomic mass is 9.82. The minimum absolute atomic E-state index is 0.0214. The number of rotatable bonds is 29. The van der Waals surface area contributed by atoms with E-state index in [2.05, 4.69) is 15.2 Å². The lowest BCUT2D eigenvalue weighted by Gasteiger charge is -2.39. The molecular formula is C52H75N5O9S3. The van der Waals surface area contributed by atoms with E-state index >= 15 is 4.79 Å². The van der Waals surface area contributed by atoms with Gasteiger partial charge in [0, 0.05) is 73.9 Å². The third-order valence-corrected chi connectivity index (χ3v) is 16.1. The van der Waals surface area contributed by atoms with E-state index in [1.165, 1.54) is 6.92 Å². The third-order valence-electron chi connectivity index (χ3n) is 12.8. The fraction of sp³-hybridized carbons (Fsp3) is 0.615. The van der Waals surface area contributed by atoms with Crippen molar-refractivity contribution >= 4 is 68.2 Å². The number of carbonyl (C=O) groups is 6. The van der Waals surface area contributed by atoms with E-state index in [-0.39, 0.29) is 84.6 Å². The molecule has 0 saturated carbocycles. The van der Waals surface area contributed by atoms with E-state index in [1.807, 2.05) is 73.7 Å². The highest BCUT2D eigenvalue weighted by molar-refractivity contribution is 8.76. The number of hydrogen-bond acceptors (Lipinski definition) is 15. The maximum atomic E-state index is 15.0. The Labute approximate surface area is 421 Å². The van der Waals surface area contributed by atoms with Gasteiger partial charge in [-0.05, 0) is 104 Å². The van der Waals surface area contributed by atoms with E-state index in [4.69, 9.17) is 14.5 Å². The number of benzene rings is 1. The molecule has 4 rings (SSSR count). The third kappa shape index (κ3) is 19.1. The van der Waals surface area contributed by atoms with E-state index in [0.29, 0.717) is 37.1 Å². The first kappa shape index (κ1) is 57.3. The van der Waals surface area contributed by atoms with Crippen molar-refractivity contribution in [2.45, 2.75) is 155 Å². The molecule has 3 aromatic rings. The van der Waals surface area contributed by atoms with Crippen LogP contribution in [0.15, 0.2) is 59.1 Å². The van der Waals surface area contributed by atoms with Crippen molar-refractivity contribution in [2.75, 3.05) is 26.1 Å². The highest BCUT2D eigenvalue weighted by Crippen LogP contribution is 2.34. The van der Waals surface area contributed by atoms with Gasteiger partial charge in [-0.1, -0.05) is 90.3 Å². The molecule has 1 unspecified atom stereocenters. The van der Waals surface area contributed by atoms with Crippen molar-refractivity contribution in [3.05, 3.63) is 70.3 Å². The minimum atomic E-state index is -0.978. The molecule has 17 heteroatoms. The van der Waals surface area contributed by atoms with E-state index < -0.39 is 42.0 Å². The van der Waals surface area contributed by atoms with Gasteiger partial charge < -0.3 is 24.8 Å². The smallest absolute Gasteiger partial charge is 0.307 e. The van der Waals surface area contributed by atoms with Crippen molar-refractivity contribution in [3.8, 4) is 5.75 Å². The van der Waals surface area contributed by atoms with Crippen molar-refractivity contribution in [3.63, 3.8) is 0 Å². The molecule has 0 aliphatic carbocycles. The fourth-order valence-corrected chi connectivity index (χ4v) is 11.4. The maximum absolute atomic E-state index is 15.0. The number of ether oxygens (including phenoxy) is 2. The molecule has 1 saturated heterocycles. The van der Waals surface area contributed by atoms with Crippen molar-refractivity contribution in [2.24, 2.45) is 29.6 Å². The number of Topliss-reactive ketones (excluding diaryl/α,β-unsaturated/α-hetero) is 2. The number of nitrogens with one attached hydrogen (secondary N) is 1. The van der Waals surface area contributed by atoms with Gasteiger partial charge in [0.2, 0.25) is 5.91 Å². The largest absolute Gasteiger partial charge is 0.508 e. The van der Waals surface area contributed by atoms with Crippen molar-refractivity contribution < 1.29 is 43.3 Å². The molecule has 1 aromatic carbocycles. The van der Waals surface area contributed by atoms with Crippen LogP contribution in [0, 0.1) is 29.6 Å². The fourth-order valence-electron chi connectivity index (χ4n) is 8.62. The van der Waals surface area contributed by atoms with Crippen LogP contribution in [0.25, 0.3) is 0 Å². The number of esters is 2. The van der Waals surface area contributed by atoms with Gasteiger partial charge in [0.05, 0.1) is 6.04 Å². The first-order valence-corrected chi connectivity index (χ1v) is 27.7. The minimum Gasteiger partial charge on any atom is -0.508 e. The number of thiazole rings is 1. The molecule has 3 heterocycles. The summed E-state index contributed by atoms with van der Waals surface area (Å²) in [5.41, 5.74) is 0.966. The van der Waals surface area contributed by atoms with E-state index in [1.54, 1.807) is 62.3 Å². The number of amides is 2. The zero-order valence-corrected chi connectivity index (χ0v) is 44.5. The van der Waals surface area contributed by atoms with Crippen molar-refractivity contribution in [1.29, 1.82) is 0 Å². The normalized spacial score (nSPS) is 16.8. The van der Waals surface area contributed by atoms with Crippen LogP contribution >= 0.6 is 32.9 Å². The van der Waals surface area contributed by atoms with Gasteiger partial charge in [-0.15, -0.1) is 11.3 Å². The lowest BCUT2D eigenvalue weighted by molar-refractivity contribution is -0.162. The summed E-state index contributed by atoms with van der Waals surface area (Å²) in [5, 5.41) is 15.9. The summed E-state index contributed by atoms with van der Waals surface area (Å²) in [7, 11) is 5.18. The molecular weight excluding hydrogens is 935 g/mol. The number of likely N-dealkylation sites (tertiary alicyclic amines) is 1. The number of hydrogen-bond donors (Lipinski definition) is 2. The quantitative estimate of drug-likeness (QED) is 0.0290. The number of aromatic nitrogens is 2. The summed E-state index contributed by atoms with van der Waals surface area (Å²) < 4.78 is 11.7. The van der Waals surface area contributed by atoms with Gasteiger partial charge in [-0.2, -0.15) is 0 Å². The summed E-state index contributed by atoms with van der Waals surface area (Å²) in [6.45, 7) is 15.3. The zero-order chi connectivity index (χ0) is 50.6. The SMILES string of the molecule is CCC(C)[C@H](CC(=O)[C@H]1CCCCN1C)C(=O)N(COC(=O)CC(C)C)[C@H](C[C@@H](OC(C)=O)c1nc(C(=O)N[C@@H](Cc2ccc(O)cc2)C[C@H](C)C(=O)CCCSSc2ccccn2)cs1)C(C)C. The van der Waals surface area contributed by atoms with Crippen LogP contribution in [0.4, 0.5) is 0 Å². The number of ketones is 2. The molecule has 14 nitrogen and oxygen atoms in total. The Morgan fingerprint density at radius 3 is 2.36 bits per heavy atom. The Balaban J connectivity index is 1.56. The Bertz CT molecular complexity index is 2100. The Hall–Kier alpha value is -4.32. The number of aromatic hydroxyl groups is 1. The molecule has 0 bridgehead atoms. The van der Waals surface area contributed by atoms with Crippen LogP contribution in [-0.2, 0) is 39.9 Å². The first-order valence-electron chi connectivity index (χ1n) is 24.5. The van der Waals surface area contributed by atoms with E-state index in [9.17, 15) is 29.1 Å². The lowest BCUT2D eigenvalue weighted by Crippen LogP contribution is -2.50. The summed E-state index contributed by atoms with van der Waals surface area (Å²) >= 11 is 1.15. The standard InChI is InChI=1S/C52H75N5O9S3/c1-10-35(6)41(29-46(61)43-16-12-14-24-56(43)9)52(64)57(32-65-49(62)26-33(2)3)44(34(4)5)30-47(66-37(8)58)51-55-42(31-67-51)50(63)54-39(28-38-19-21-40(59)22-20-38)27-36(7)45(60)17-15-25-68-69-48-18-11-13-23-53-48/h11,13,18-23,31,33-36,39,41,43-44,47,59H,10,12,14-17,24-30,32H2,1-9H3,(H,54,63)/t35?,36-,39+,41-,43+,44+,47+/m0/s1. The monoisotopic (exact) mass is 1010 g/mol. The second-order valence-electron chi connectivity index (χ2n) is 19.2. The molecule has 69 heavy (non-hydrogen) atoms. The van der Waals surface area contributed by atoms with Gasteiger partial charge >= 0.3 is 11.9 Å². The summed E-state index contributed by atoms with van der Waals surface area (Å²) in [6.07, 6.45) is 6.29. The van der Waals surface area contributed by atoms with Gasteiger partial charge in [0.1, 0.15) is 27.3 Å². The second-order valence-corrected chi connectivity index (χ2v) is 22.6. The number of likely N-dealkylation sites (N-methyl/N-ethyl adjacent to an activating group) is 1. The molecule has 7 atom stereocenters. The van der Waals surface area contributed by atoms with Gasteiger partial charge in [0.15, 0.2) is 18.6 Å². The highest BCUT2D eigenvalue weighted by atomic mass is 33.1. The number of phenols is 1. The van der Waals surface area contributed by atoms with Gasteiger partial charge in [-0.3, -0.25) is 33.7 Å². The number of carbonyl (C=O) groups excluding carboxylic acids is 6. The average Bonchev–Trinajstić information content (AvgIpc) is 3.81. The molecule has 0 radical (unpaired) electrons. The van der Waals surface area contributed by atoms with E-state index in [0.717, 1.165) is 53.5 Å². The zero-order valence-electron chi connectivity index (χ0n) is 42.0. The summed E-state index contributed by atoms with van der Waals surface area (Å²) in [6, 6.07) is 11.1. The van der Waals surface area contributed by atoms with Crippen LogP contribution in [0.2, 0.25) is 0 Å². The van der Waals surface area contributed by atoms with Crippen LogP contribution in [0.5, 0.6) is 5.75 Å². The molecule has 2 amide bonds. The van der Waals surface area contributed by atoms with Gasteiger partial charge in [-0.25, -0.2) is 9.97 Å². The topological polar surface area (TPSA) is 185 Å². The molecule has 2 aromatic heterocycles. The molecule has 2 N–H and O–H groups in total. The van der Waals surface area contributed by atoms with Crippen LogP contribution in [-0.4, -0.2) is 104 Å². The number of phenolic OH excluding ortho intramolecular Hbond substituents is 1. The molecule has 0 spiro atoms. The highest BCUT2D eigenvalue weighted by Gasteiger charge is 2.40.